The number of nitrogens with zero attached hydrogens (tertiary/aromatic N) is 1. The monoisotopic (exact) mass is 606 g/mol. The quantitative estimate of drug-likeness (QED) is 0.196. The van der Waals surface area contributed by atoms with Gasteiger partial charge in [-0.1, -0.05) is 121 Å². The van der Waals surface area contributed by atoms with Crippen molar-refractivity contribution < 1.29 is 0 Å². The Morgan fingerprint density at radius 2 is 1.13 bits per heavy atom. The maximum atomic E-state index is 3.55. The molecule has 8 aromatic rings. The number of hydrogen-bond donors (Lipinski definition) is 1. The standard InChI is InChI=1S/C43H30N2S/c1-2-9-29(10-3-1)30-16-20-33(21-17-30)45(35-24-25-39-40-15-8-26-44-43(40)46-42(39)28-35)34-22-18-31(19-23-34)41-27-32-11-4-5-12-36(32)37-13-6-7-14-38(37)41/h1-25,27-28,44H,26H2. The van der Waals surface area contributed by atoms with Crippen LogP contribution in [0.15, 0.2) is 158 Å². The molecule has 1 aliphatic heterocycles. The van der Waals surface area contributed by atoms with E-state index in [2.05, 4.69) is 174 Å². The van der Waals surface area contributed by atoms with Gasteiger partial charge in [0.15, 0.2) is 0 Å². The number of benzene rings is 7. The van der Waals surface area contributed by atoms with Gasteiger partial charge in [0.2, 0.25) is 0 Å². The number of rotatable bonds is 5. The molecule has 1 N–H and O–H groups in total. The van der Waals surface area contributed by atoms with E-state index in [0.717, 1.165) is 23.6 Å². The van der Waals surface area contributed by atoms with Crippen LogP contribution >= 0.6 is 11.3 Å². The van der Waals surface area contributed by atoms with Gasteiger partial charge in [-0.3, -0.25) is 0 Å². The van der Waals surface area contributed by atoms with Crippen molar-refractivity contribution in [2.24, 2.45) is 0 Å². The minimum Gasteiger partial charge on any atom is -0.373 e. The number of fused-ring (bicyclic) bond motifs is 6. The third-order valence-electron chi connectivity index (χ3n) is 9.07. The third kappa shape index (κ3) is 4.56. The first-order valence-electron chi connectivity index (χ1n) is 15.7. The highest BCUT2D eigenvalue weighted by Gasteiger charge is 2.18. The Morgan fingerprint density at radius 3 is 1.91 bits per heavy atom. The van der Waals surface area contributed by atoms with Gasteiger partial charge in [-0.05, 0) is 86.3 Å². The van der Waals surface area contributed by atoms with Gasteiger partial charge >= 0.3 is 0 Å². The van der Waals surface area contributed by atoms with E-state index in [1.54, 1.807) is 0 Å². The predicted molar refractivity (Wildman–Crippen MR) is 200 cm³/mol. The van der Waals surface area contributed by atoms with E-state index >= 15 is 0 Å². The highest BCUT2D eigenvalue weighted by atomic mass is 32.1. The summed E-state index contributed by atoms with van der Waals surface area (Å²) in [5.74, 6) is 0. The van der Waals surface area contributed by atoms with Gasteiger partial charge in [-0.2, -0.15) is 0 Å². The molecule has 0 saturated carbocycles. The van der Waals surface area contributed by atoms with Crippen molar-refractivity contribution >= 4 is 71.1 Å². The lowest BCUT2D eigenvalue weighted by Crippen LogP contribution is -2.09. The van der Waals surface area contributed by atoms with Crippen molar-refractivity contribution in [1.82, 2.24) is 0 Å². The number of nitrogens with one attached hydrogen (secondary N) is 1. The smallest absolute Gasteiger partial charge is 0.0971 e. The first kappa shape index (κ1) is 26.7. The van der Waals surface area contributed by atoms with Crippen molar-refractivity contribution in [3.8, 4) is 22.3 Å². The Kier molecular flexibility index (Phi) is 6.43. The van der Waals surface area contributed by atoms with E-state index < -0.39 is 0 Å². The zero-order chi connectivity index (χ0) is 30.5. The molecule has 0 radical (unpaired) electrons. The lowest BCUT2D eigenvalue weighted by Gasteiger charge is -2.26. The van der Waals surface area contributed by atoms with E-state index in [9.17, 15) is 0 Å². The topological polar surface area (TPSA) is 15.3 Å². The number of anilines is 4. The maximum Gasteiger partial charge on any atom is 0.0971 e. The Labute approximate surface area is 272 Å². The Bertz CT molecular complexity index is 2400. The van der Waals surface area contributed by atoms with Crippen LogP contribution in [0.25, 0.3) is 60.0 Å². The zero-order valence-corrected chi connectivity index (χ0v) is 26.0. The van der Waals surface area contributed by atoms with Crippen LogP contribution in [-0.2, 0) is 0 Å². The summed E-state index contributed by atoms with van der Waals surface area (Å²) >= 11 is 1.83. The number of thiophene rings is 1. The fourth-order valence-electron chi connectivity index (χ4n) is 6.83. The summed E-state index contributed by atoms with van der Waals surface area (Å²) < 4.78 is 1.28. The molecule has 7 aromatic carbocycles. The van der Waals surface area contributed by atoms with Crippen molar-refractivity contribution in [1.29, 1.82) is 0 Å². The highest BCUT2D eigenvalue weighted by Crippen LogP contribution is 2.43. The van der Waals surface area contributed by atoms with Crippen LogP contribution in [0.1, 0.15) is 5.56 Å². The summed E-state index contributed by atoms with van der Waals surface area (Å²) in [7, 11) is 0. The molecule has 0 bridgehead atoms. The van der Waals surface area contributed by atoms with Crippen LogP contribution < -0.4 is 10.2 Å². The Hall–Kier alpha value is -5.64. The summed E-state index contributed by atoms with van der Waals surface area (Å²) in [6, 6.07) is 55.2. The molecule has 0 unspecified atom stereocenters. The number of hydrogen-bond acceptors (Lipinski definition) is 3. The molecule has 2 heterocycles. The average molecular weight is 607 g/mol. The lowest BCUT2D eigenvalue weighted by atomic mass is 9.93. The minimum absolute atomic E-state index is 0.880. The molecule has 0 amide bonds. The van der Waals surface area contributed by atoms with Crippen LogP contribution in [0.2, 0.25) is 0 Å². The van der Waals surface area contributed by atoms with Crippen molar-refractivity contribution in [3.63, 3.8) is 0 Å². The summed E-state index contributed by atoms with van der Waals surface area (Å²) in [4.78, 5) is 2.37. The molecule has 9 rings (SSSR count). The van der Waals surface area contributed by atoms with Gasteiger partial charge in [-0.25, -0.2) is 0 Å². The first-order chi connectivity index (χ1) is 22.8. The summed E-state index contributed by atoms with van der Waals surface area (Å²) in [5.41, 5.74) is 9.59. The van der Waals surface area contributed by atoms with E-state index in [1.807, 2.05) is 11.3 Å². The predicted octanol–water partition coefficient (Wildman–Crippen LogP) is 12.5. The van der Waals surface area contributed by atoms with Gasteiger partial charge in [-0.15, -0.1) is 11.3 Å². The van der Waals surface area contributed by atoms with Gasteiger partial charge in [0.25, 0.3) is 0 Å². The van der Waals surface area contributed by atoms with E-state index in [4.69, 9.17) is 0 Å². The van der Waals surface area contributed by atoms with Crippen molar-refractivity contribution in [2.75, 3.05) is 16.8 Å². The molecular formula is C43H30N2S. The second-order valence-corrected chi connectivity index (χ2v) is 12.8. The molecule has 0 fully saturated rings. The molecule has 0 saturated heterocycles. The Balaban J connectivity index is 1.17. The maximum absolute atomic E-state index is 3.55. The van der Waals surface area contributed by atoms with Crippen LogP contribution in [0.5, 0.6) is 0 Å². The minimum atomic E-state index is 0.880. The molecule has 0 aliphatic carbocycles. The largest absolute Gasteiger partial charge is 0.373 e. The van der Waals surface area contributed by atoms with Crippen molar-refractivity contribution in [3.05, 3.63) is 163 Å². The molecular weight excluding hydrogens is 577 g/mol. The normalized spacial score (nSPS) is 12.3. The van der Waals surface area contributed by atoms with Gasteiger partial charge in [0.05, 0.1) is 5.00 Å². The molecule has 0 spiro atoms. The van der Waals surface area contributed by atoms with Crippen LogP contribution in [0, 0.1) is 0 Å². The fraction of sp³-hybridized carbons (Fsp3) is 0.0233. The van der Waals surface area contributed by atoms with Crippen molar-refractivity contribution in [2.45, 2.75) is 0 Å². The van der Waals surface area contributed by atoms with Crippen LogP contribution in [0.3, 0.4) is 0 Å². The SMILES string of the molecule is C1=Cc2c(sc3cc(N(c4ccc(-c5ccccc5)cc4)c4ccc(-c5cc6ccccc6c6ccccc56)cc4)ccc23)NC1. The molecule has 218 valence electrons. The Morgan fingerprint density at radius 1 is 0.500 bits per heavy atom. The first-order valence-corrected chi connectivity index (χ1v) is 16.6. The summed E-state index contributed by atoms with van der Waals surface area (Å²) in [5, 5.41) is 11.2. The molecule has 1 aliphatic rings. The van der Waals surface area contributed by atoms with E-state index in [-0.39, 0.29) is 0 Å². The molecule has 46 heavy (non-hydrogen) atoms. The lowest BCUT2D eigenvalue weighted by molar-refractivity contribution is 1.29. The van der Waals surface area contributed by atoms with Crippen LogP contribution in [0.4, 0.5) is 22.1 Å². The third-order valence-corrected chi connectivity index (χ3v) is 10.2. The van der Waals surface area contributed by atoms with E-state index in [1.165, 1.54) is 64.4 Å². The van der Waals surface area contributed by atoms with Gasteiger partial charge in [0, 0.05) is 39.3 Å². The van der Waals surface area contributed by atoms with Gasteiger partial charge in [0.1, 0.15) is 0 Å². The zero-order valence-electron chi connectivity index (χ0n) is 25.2. The average Bonchev–Trinajstić information content (AvgIpc) is 3.50. The highest BCUT2D eigenvalue weighted by molar-refractivity contribution is 7.23. The fourth-order valence-corrected chi connectivity index (χ4v) is 7.96. The molecule has 3 heteroatoms. The second kappa shape index (κ2) is 11.1. The molecule has 0 atom stereocenters. The van der Waals surface area contributed by atoms with Crippen LogP contribution in [-0.4, -0.2) is 6.54 Å². The molecule has 1 aromatic heterocycles. The summed E-state index contributed by atoms with van der Waals surface area (Å²) in [6.07, 6.45) is 4.45. The second-order valence-electron chi connectivity index (χ2n) is 11.8. The van der Waals surface area contributed by atoms with Gasteiger partial charge < -0.3 is 10.2 Å². The van der Waals surface area contributed by atoms with E-state index in [0.29, 0.717) is 0 Å². The molecule has 2 nitrogen and oxygen atoms in total. The summed E-state index contributed by atoms with van der Waals surface area (Å²) in [6.45, 7) is 0.880.